The van der Waals surface area contributed by atoms with Gasteiger partial charge in [-0.2, -0.15) is 0 Å². The van der Waals surface area contributed by atoms with Crippen molar-refractivity contribution in [2.45, 2.75) is 19.0 Å². The number of hydrogen-bond donors (Lipinski definition) is 1. The van der Waals surface area contributed by atoms with Gasteiger partial charge in [-0.3, -0.25) is 4.90 Å². The molecule has 1 saturated heterocycles. The third-order valence-electron chi connectivity index (χ3n) is 3.86. The molecule has 2 atom stereocenters. The lowest BCUT2D eigenvalue weighted by atomic mass is 10.1. The maximum absolute atomic E-state index is 5.40. The molecule has 0 radical (unpaired) electrons. The van der Waals surface area contributed by atoms with Crippen molar-refractivity contribution in [1.82, 2.24) is 10.2 Å². The normalized spacial score (nSPS) is 19.7. The maximum Gasteiger partial charge on any atom is 0.0657 e. The highest BCUT2D eigenvalue weighted by Crippen LogP contribution is 2.13. The molecule has 20 heavy (non-hydrogen) atoms. The molecule has 1 aromatic carbocycles. The molecule has 2 rings (SSSR count). The van der Waals surface area contributed by atoms with E-state index in [4.69, 9.17) is 9.47 Å². The lowest BCUT2D eigenvalue weighted by molar-refractivity contribution is 0.0192. The monoisotopic (exact) mass is 278 g/mol. The number of nitrogens with one attached hydrogen (secondary N) is 1. The summed E-state index contributed by atoms with van der Waals surface area (Å²) >= 11 is 0. The molecule has 2 unspecified atom stereocenters. The Morgan fingerprint density at radius 1 is 1.25 bits per heavy atom. The van der Waals surface area contributed by atoms with Crippen molar-refractivity contribution in [1.29, 1.82) is 0 Å². The van der Waals surface area contributed by atoms with Gasteiger partial charge in [0.1, 0.15) is 0 Å². The quantitative estimate of drug-likeness (QED) is 0.823. The summed E-state index contributed by atoms with van der Waals surface area (Å²) in [7, 11) is 1.75. The topological polar surface area (TPSA) is 33.7 Å². The summed E-state index contributed by atoms with van der Waals surface area (Å²) in [5.74, 6) is 0. The number of nitrogens with zero attached hydrogens (tertiary/aromatic N) is 1. The zero-order chi connectivity index (χ0) is 14.2. The van der Waals surface area contributed by atoms with Crippen LogP contribution in [0.1, 0.15) is 18.5 Å². The standard InChI is InChI=1S/C16H26N2O2/c1-14(18-8-10-20-11-9-18)12-17-16(13-19-2)15-6-4-3-5-7-15/h3-7,14,16-17H,8-13H2,1-2H3. The van der Waals surface area contributed by atoms with E-state index < -0.39 is 0 Å². The van der Waals surface area contributed by atoms with Crippen molar-refractivity contribution < 1.29 is 9.47 Å². The molecule has 0 aliphatic carbocycles. The Labute approximate surface area is 122 Å². The number of benzene rings is 1. The van der Waals surface area contributed by atoms with Gasteiger partial charge in [-0.15, -0.1) is 0 Å². The van der Waals surface area contributed by atoms with E-state index in [9.17, 15) is 0 Å². The molecular weight excluding hydrogens is 252 g/mol. The number of ether oxygens (including phenoxy) is 2. The number of morpholine rings is 1. The van der Waals surface area contributed by atoms with Crippen molar-refractivity contribution in [2.24, 2.45) is 0 Å². The minimum absolute atomic E-state index is 0.254. The maximum atomic E-state index is 5.40. The molecule has 4 heteroatoms. The first kappa shape index (κ1) is 15.4. The van der Waals surface area contributed by atoms with Crippen LogP contribution in [0.3, 0.4) is 0 Å². The highest BCUT2D eigenvalue weighted by molar-refractivity contribution is 5.18. The molecule has 0 aromatic heterocycles. The Morgan fingerprint density at radius 3 is 2.60 bits per heavy atom. The van der Waals surface area contributed by atoms with Crippen molar-refractivity contribution >= 4 is 0 Å². The predicted octanol–water partition coefficient (Wildman–Crippen LogP) is 1.68. The summed E-state index contributed by atoms with van der Waals surface area (Å²) in [5, 5.41) is 3.63. The summed E-state index contributed by atoms with van der Waals surface area (Å²) in [6.07, 6.45) is 0. The summed E-state index contributed by atoms with van der Waals surface area (Å²) in [6, 6.07) is 11.3. The van der Waals surface area contributed by atoms with Crippen molar-refractivity contribution in [2.75, 3.05) is 46.6 Å². The first-order chi connectivity index (χ1) is 9.81. The van der Waals surface area contributed by atoms with Crippen LogP contribution in [-0.2, 0) is 9.47 Å². The molecule has 1 fully saturated rings. The lowest BCUT2D eigenvalue weighted by Crippen LogP contribution is -2.47. The second-order valence-electron chi connectivity index (χ2n) is 5.32. The number of hydrogen-bond acceptors (Lipinski definition) is 4. The van der Waals surface area contributed by atoms with Crippen LogP contribution in [0, 0.1) is 0 Å². The van der Waals surface area contributed by atoms with Crippen LogP contribution in [0.5, 0.6) is 0 Å². The van der Waals surface area contributed by atoms with Crippen molar-refractivity contribution in [3.63, 3.8) is 0 Å². The van der Waals surface area contributed by atoms with Gasteiger partial charge in [0.2, 0.25) is 0 Å². The highest BCUT2D eigenvalue weighted by atomic mass is 16.5. The van der Waals surface area contributed by atoms with Crippen LogP contribution in [0.2, 0.25) is 0 Å². The molecule has 112 valence electrons. The van der Waals surface area contributed by atoms with Gasteiger partial charge in [0.05, 0.1) is 25.9 Å². The first-order valence-corrected chi connectivity index (χ1v) is 7.40. The summed E-state index contributed by atoms with van der Waals surface area (Å²) in [4.78, 5) is 2.48. The van der Waals surface area contributed by atoms with E-state index in [1.165, 1.54) is 5.56 Å². The fraction of sp³-hybridized carbons (Fsp3) is 0.625. The van der Waals surface area contributed by atoms with Gasteiger partial charge in [0, 0.05) is 32.8 Å². The smallest absolute Gasteiger partial charge is 0.0657 e. The van der Waals surface area contributed by atoms with E-state index in [0.717, 1.165) is 32.8 Å². The molecule has 4 nitrogen and oxygen atoms in total. The lowest BCUT2D eigenvalue weighted by Gasteiger charge is -2.33. The van der Waals surface area contributed by atoms with Gasteiger partial charge in [0.25, 0.3) is 0 Å². The third kappa shape index (κ3) is 4.56. The Kier molecular flexibility index (Phi) is 6.47. The van der Waals surface area contributed by atoms with E-state index in [1.54, 1.807) is 7.11 Å². The molecule has 0 saturated carbocycles. The number of methoxy groups -OCH3 is 1. The van der Waals surface area contributed by atoms with E-state index >= 15 is 0 Å². The van der Waals surface area contributed by atoms with Gasteiger partial charge in [-0.1, -0.05) is 30.3 Å². The van der Waals surface area contributed by atoms with Gasteiger partial charge in [0.15, 0.2) is 0 Å². The van der Waals surface area contributed by atoms with E-state index in [1.807, 2.05) is 6.07 Å². The fourth-order valence-corrected chi connectivity index (χ4v) is 2.59. The molecule has 1 aliphatic heterocycles. The second-order valence-corrected chi connectivity index (χ2v) is 5.32. The summed E-state index contributed by atoms with van der Waals surface area (Å²) < 4.78 is 10.7. The van der Waals surface area contributed by atoms with Gasteiger partial charge >= 0.3 is 0 Å². The van der Waals surface area contributed by atoms with Crippen LogP contribution < -0.4 is 5.32 Å². The average Bonchev–Trinajstić information content (AvgIpc) is 2.53. The van der Waals surface area contributed by atoms with Gasteiger partial charge in [-0.05, 0) is 12.5 Å². The molecule has 1 aromatic rings. The van der Waals surface area contributed by atoms with Crippen LogP contribution in [0.25, 0.3) is 0 Å². The van der Waals surface area contributed by atoms with E-state index in [0.29, 0.717) is 12.6 Å². The third-order valence-corrected chi connectivity index (χ3v) is 3.86. The molecule has 0 amide bonds. The Hall–Kier alpha value is -0.940. The highest BCUT2D eigenvalue weighted by Gasteiger charge is 2.18. The zero-order valence-corrected chi connectivity index (χ0v) is 12.5. The van der Waals surface area contributed by atoms with Crippen molar-refractivity contribution in [3.8, 4) is 0 Å². The molecule has 0 bridgehead atoms. The van der Waals surface area contributed by atoms with E-state index in [-0.39, 0.29) is 6.04 Å². The minimum atomic E-state index is 0.254. The van der Waals surface area contributed by atoms with Crippen molar-refractivity contribution in [3.05, 3.63) is 35.9 Å². The fourth-order valence-electron chi connectivity index (χ4n) is 2.59. The first-order valence-electron chi connectivity index (χ1n) is 7.40. The molecule has 0 spiro atoms. The molecule has 1 heterocycles. The SMILES string of the molecule is COCC(NCC(C)N1CCOCC1)c1ccccc1. The zero-order valence-electron chi connectivity index (χ0n) is 12.5. The Morgan fingerprint density at radius 2 is 1.95 bits per heavy atom. The Balaban J connectivity index is 1.85. The largest absolute Gasteiger partial charge is 0.383 e. The molecule has 1 N–H and O–H groups in total. The Bertz CT molecular complexity index is 366. The van der Waals surface area contributed by atoms with Crippen LogP contribution in [0.15, 0.2) is 30.3 Å². The van der Waals surface area contributed by atoms with Gasteiger partial charge in [-0.25, -0.2) is 0 Å². The van der Waals surface area contributed by atoms with Crippen LogP contribution >= 0.6 is 0 Å². The van der Waals surface area contributed by atoms with Gasteiger partial charge < -0.3 is 14.8 Å². The second kappa shape index (κ2) is 8.37. The molecule has 1 aliphatic rings. The number of rotatable bonds is 7. The van der Waals surface area contributed by atoms with Crippen LogP contribution in [-0.4, -0.2) is 57.5 Å². The summed E-state index contributed by atoms with van der Waals surface area (Å²) in [6.45, 7) is 7.69. The van der Waals surface area contributed by atoms with E-state index in [2.05, 4.69) is 41.4 Å². The minimum Gasteiger partial charge on any atom is -0.383 e. The average molecular weight is 278 g/mol. The molecular formula is C16H26N2O2. The van der Waals surface area contributed by atoms with Crippen LogP contribution in [0.4, 0.5) is 0 Å². The summed E-state index contributed by atoms with van der Waals surface area (Å²) in [5.41, 5.74) is 1.28. The predicted molar refractivity (Wildman–Crippen MR) is 80.9 cm³/mol.